The Balaban J connectivity index is 1.44. The van der Waals surface area contributed by atoms with Crippen LogP contribution in [-0.2, 0) is 6.61 Å². The van der Waals surface area contributed by atoms with Crippen LogP contribution in [0, 0.1) is 0 Å². The number of fused-ring (bicyclic) bond motifs is 1. The zero-order valence-corrected chi connectivity index (χ0v) is 15.7. The smallest absolute Gasteiger partial charge is 0.255 e. The predicted molar refractivity (Wildman–Crippen MR) is 108 cm³/mol. The molecule has 2 N–H and O–H groups in total. The lowest BCUT2D eigenvalue weighted by atomic mass is 10.1. The standard InChI is InChI=1S/C23H24N2O3/c26-23(25-17-10-11-24-13-17)21-19-12-18(27-14-15-4-2-1-3-5-15)8-9-20(19)28-22(21)16-6-7-16/h1-5,8-9,12,16-17,24H,6-7,10-11,13-14H2,(H,25,26)/t17-/m0/s1. The first kappa shape index (κ1) is 17.3. The van der Waals surface area contributed by atoms with E-state index >= 15 is 0 Å². The van der Waals surface area contributed by atoms with E-state index in [9.17, 15) is 4.79 Å². The highest BCUT2D eigenvalue weighted by atomic mass is 16.5. The second kappa shape index (κ2) is 7.32. The number of furan rings is 1. The normalized spacial score (nSPS) is 19.1. The molecular formula is C23H24N2O3. The van der Waals surface area contributed by atoms with Gasteiger partial charge in [0.15, 0.2) is 0 Å². The van der Waals surface area contributed by atoms with Gasteiger partial charge in [0.05, 0.1) is 5.56 Å². The highest BCUT2D eigenvalue weighted by molar-refractivity contribution is 6.08. The number of carbonyl (C=O) groups is 1. The van der Waals surface area contributed by atoms with Crippen LogP contribution in [0.25, 0.3) is 11.0 Å². The molecule has 144 valence electrons. The van der Waals surface area contributed by atoms with E-state index < -0.39 is 0 Å². The summed E-state index contributed by atoms with van der Waals surface area (Å²) in [4.78, 5) is 13.1. The summed E-state index contributed by atoms with van der Waals surface area (Å²) < 4.78 is 12.1. The van der Waals surface area contributed by atoms with Crippen LogP contribution in [0.4, 0.5) is 0 Å². The molecule has 2 fully saturated rings. The van der Waals surface area contributed by atoms with Gasteiger partial charge in [-0.1, -0.05) is 30.3 Å². The SMILES string of the molecule is O=C(N[C@H]1CCNC1)c1c(C2CC2)oc2ccc(OCc3ccccc3)cc12. The zero-order valence-electron chi connectivity index (χ0n) is 15.7. The van der Waals surface area contributed by atoms with Gasteiger partial charge in [0.25, 0.3) is 5.91 Å². The lowest BCUT2D eigenvalue weighted by molar-refractivity contribution is 0.0939. The third-order valence-corrected chi connectivity index (χ3v) is 5.51. The van der Waals surface area contributed by atoms with Gasteiger partial charge in [-0.15, -0.1) is 0 Å². The number of ether oxygens (including phenoxy) is 1. The van der Waals surface area contributed by atoms with Crippen molar-refractivity contribution in [3.05, 3.63) is 65.4 Å². The highest BCUT2D eigenvalue weighted by Gasteiger charge is 2.34. The molecule has 1 aromatic heterocycles. The molecule has 1 aliphatic carbocycles. The van der Waals surface area contributed by atoms with Gasteiger partial charge in [0.2, 0.25) is 0 Å². The third-order valence-electron chi connectivity index (χ3n) is 5.51. The van der Waals surface area contributed by atoms with Crippen molar-refractivity contribution in [1.29, 1.82) is 0 Å². The Labute approximate surface area is 164 Å². The van der Waals surface area contributed by atoms with Crippen LogP contribution >= 0.6 is 0 Å². The zero-order chi connectivity index (χ0) is 18.9. The molecule has 0 bridgehead atoms. The fraction of sp³-hybridized carbons (Fsp3) is 0.348. The van der Waals surface area contributed by atoms with Crippen molar-refractivity contribution in [3.63, 3.8) is 0 Å². The highest BCUT2D eigenvalue weighted by Crippen LogP contribution is 2.45. The Morgan fingerprint density at radius 3 is 2.75 bits per heavy atom. The molecule has 28 heavy (non-hydrogen) atoms. The van der Waals surface area contributed by atoms with Crippen molar-refractivity contribution in [2.45, 2.75) is 37.8 Å². The fourth-order valence-corrected chi connectivity index (χ4v) is 3.83. The fourth-order valence-electron chi connectivity index (χ4n) is 3.83. The van der Waals surface area contributed by atoms with Crippen LogP contribution in [-0.4, -0.2) is 25.0 Å². The monoisotopic (exact) mass is 376 g/mol. The summed E-state index contributed by atoms with van der Waals surface area (Å²) in [5.74, 6) is 1.91. The Morgan fingerprint density at radius 1 is 1.14 bits per heavy atom. The Morgan fingerprint density at radius 2 is 2.00 bits per heavy atom. The Hall–Kier alpha value is -2.79. The van der Waals surface area contributed by atoms with Crippen molar-refractivity contribution >= 4 is 16.9 Å². The lowest BCUT2D eigenvalue weighted by Crippen LogP contribution is -2.36. The molecule has 1 saturated carbocycles. The number of hydrogen-bond acceptors (Lipinski definition) is 4. The van der Waals surface area contributed by atoms with E-state index in [2.05, 4.69) is 10.6 Å². The Kier molecular flexibility index (Phi) is 4.53. The molecule has 2 heterocycles. The summed E-state index contributed by atoms with van der Waals surface area (Å²) in [6, 6.07) is 16.0. The molecule has 5 rings (SSSR count). The van der Waals surface area contributed by atoms with E-state index in [0.29, 0.717) is 18.1 Å². The van der Waals surface area contributed by atoms with Crippen molar-refractivity contribution < 1.29 is 13.9 Å². The summed E-state index contributed by atoms with van der Waals surface area (Å²) in [7, 11) is 0. The maximum absolute atomic E-state index is 13.1. The number of rotatable bonds is 6. The van der Waals surface area contributed by atoms with Gasteiger partial charge in [0, 0.05) is 23.9 Å². The van der Waals surface area contributed by atoms with Crippen molar-refractivity contribution in [2.24, 2.45) is 0 Å². The van der Waals surface area contributed by atoms with Crippen molar-refractivity contribution in [3.8, 4) is 5.75 Å². The van der Waals surface area contributed by atoms with E-state index in [4.69, 9.17) is 9.15 Å². The average Bonchev–Trinajstić information content (AvgIpc) is 3.31. The summed E-state index contributed by atoms with van der Waals surface area (Å²) in [5, 5.41) is 7.31. The molecule has 2 aliphatic rings. The number of carbonyl (C=O) groups excluding carboxylic acids is 1. The maximum atomic E-state index is 13.1. The number of nitrogens with one attached hydrogen (secondary N) is 2. The molecule has 0 spiro atoms. The second-order valence-corrected chi connectivity index (χ2v) is 7.71. The first-order valence-electron chi connectivity index (χ1n) is 10.0. The molecule has 0 radical (unpaired) electrons. The number of amides is 1. The lowest BCUT2D eigenvalue weighted by Gasteiger charge is -2.11. The van der Waals surface area contributed by atoms with Gasteiger partial charge < -0.3 is 19.8 Å². The van der Waals surface area contributed by atoms with Crippen LogP contribution in [0.2, 0.25) is 0 Å². The third kappa shape index (κ3) is 3.50. The number of benzene rings is 2. The quantitative estimate of drug-likeness (QED) is 0.683. The molecule has 1 aliphatic heterocycles. The van der Waals surface area contributed by atoms with Gasteiger partial charge in [-0.25, -0.2) is 0 Å². The van der Waals surface area contributed by atoms with E-state index in [1.807, 2.05) is 48.5 Å². The molecule has 5 nitrogen and oxygen atoms in total. The Bertz CT molecular complexity index is 986. The summed E-state index contributed by atoms with van der Waals surface area (Å²) >= 11 is 0. The van der Waals surface area contributed by atoms with Crippen LogP contribution in [0.15, 0.2) is 52.9 Å². The van der Waals surface area contributed by atoms with Gasteiger partial charge >= 0.3 is 0 Å². The minimum absolute atomic E-state index is 0.0328. The number of hydrogen-bond donors (Lipinski definition) is 2. The van der Waals surface area contributed by atoms with Crippen LogP contribution < -0.4 is 15.4 Å². The summed E-state index contributed by atoms with van der Waals surface area (Å²) in [6.07, 6.45) is 3.14. The average molecular weight is 376 g/mol. The van der Waals surface area contributed by atoms with Crippen molar-refractivity contribution in [1.82, 2.24) is 10.6 Å². The topological polar surface area (TPSA) is 63.5 Å². The molecule has 0 unspecified atom stereocenters. The minimum atomic E-state index is -0.0328. The molecule has 2 aromatic carbocycles. The van der Waals surface area contributed by atoms with Gasteiger partial charge in [0.1, 0.15) is 23.7 Å². The van der Waals surface area contributed by atoms with Crippen LogP contribution in [0.5, 0.6) is 5.75 Å². The first-order valence-corrected chi connectivity index (χ1v) is 10.0. The van der Waals surface area contributed by atoms with Crippen LogP contribution in [0.3, 0.4) is 0 Å². The first-order chi connectivity index (χ1) is 13.8. The maximum Gasteiger partial charge on any atom is 0.255 e. The van der Waals surface area contributed by atoms with Gasteiger partial charge in [-0.2, -0.15) is 0 Å². The molecular weight excluding hydrogens is 352 g/mol. The predicted octanol–water partition coefficient (Wildman–Crippen LogP) is 3.98. The largest absolute Gasteiger partial charge is 0.489 e. The van der Waals surface area contributed by atoms with Crippen LogP contribution in [0.1, 0.15) is 46.9 Å². The molecule has 5 heteroatoms. The molecule has 1 saturated heterocycles. The molecule has 3 aromatic rings. The van der Waals surface area contributed by atoms with E-state index in [1.165, 1.54) is 0 Å². The van der Waals surface area contributed by atoms with Gasteiger partial charge in [-0.05, 0) is 49.6 Å². The minimum Gasteiger partial charge on any atom is -0.489 e. The van der Waals surface area contributed by atoms with E-state index in [1.54, 1.807) is 0 Å². The second-order valence-electron chi connectivity index (χ2n) is 7.71. The van der Waals surface area contributed by atoms with Crippen molar-refractivity contribution in [2.75, 3.05) is 13.1 Å². The van der Waals surface area contributed by atoms with E-state index in [0.717, 1.165) is 60.4 Å². The van der Waals surface area contributed by atoms with Gasteiger partial charge in [-0.3, -0.25) is 4.79 Å². The summed E-state index contributed by atoms with van der Waals surface area (Å²) in [5.41, 5.74) is 2.55. The molecule has 1 amide bonds. The van der Waals surface area contributed by atoms with E-state index in [-0.39, 0.29) is 11.9 Å². The summed E-state index contributed by atoms with van der Waals surface area (Å²) in [6.45, 7) is 2.27. The molecule has 1 atom stereocenters.